The summed E-state index contributed by atoms with van der Waals surface area (Å²) in [5.41, 5.74) is 0.925. The van der Waals surface area contributed by atoms with E-state index in [0.717, 1.165) is 41.7 Å². The van der Waals surface area contributed by atoms with Crippen LogP contribution in [0.1, 0.15) is 25.5 Å². The fraction of sp³-hybridized carbons (Fsp3) is 0.438. The summed E-state index contributed by atoms with van der Waals surface area (Å²) in [7, 11) is 0. The quantitative estimate of drug-likeness (QED) is 0.649. The van der Waals surface area contributed by atoms with Gasteiger partial charge in [0, 0.05) is 18.5 Å². The standard InChI is InChI=1S/C16H21N3O/c1-2-17-16(18-10-12-7-8-12)19-11-14-9-13-5-3-4-6-15(13)20-14/h3-6,9,12H,2,7-8,10-11H2,1H3,(H2,17,18,19). The van der Waals surface area contributed by atoms with Gasteiger partial charge in [0.05, 0.1) is 0 Å². The van der Waals surface area contributed by atoms with Gasteiger partial charge in [-0.05, 0) is 37.8 Å². The molecule has 4 nitrogen and oxygen atoms in total. The average Bonchev–Trinajstić information content (AvgIpc) is 3.19. The molecule has 3 rings (SSSR count). The number of nitrogens with one attached hydrogen (secondary N) is 2. The van der Waals surface area contributed by atoms with Crippen molar-refractivity contribution in [1.82, 2.24) is 10.6 Å². The SMILES string of the molecule is CCNC(=NCc1cc2ccccc2o1)NCC1CC1. The Morgan fingerprint density at radius 3 is 2.90 bits per heavy atom. The van der Waals surface area contributed by atoms with E-state index in [1.54, 1.807) is 0 Å². The van der Waals surface area contributed by atoms with E-state index in [9.17, 15) is 0 Å². The van der Waals surface area contributed by atoms with Crippen LogP contribution in [-0.2, 0) is 6.54 Å². The third-order valence-electron chi connectivity index (χ3n) is 3.47. The van der Waals surface area contributed by atoms with Gasteiger partial charge in [0.15, 0.2) is 5.96 Å². The van der Waals surface area contributed by atoms with E-state index >= 15 is 0 Å². The molecular weight excluding hydrogens is 250 g/mol. The van der Waals surface area contributed by atoms with Gasteiger partial charge in [-0.25, -0.2) is 4.99 Å². The largest absolute Gasteiger partial charge is 0.459 e. The van der Waals surface area contributed by atoms with Crippen molar-refractivity contribution in [3.8, 4) is 0 Å². The van der Waals surface area contributed by atoms with Crippen LogP contribution in [-0.4, -0.2) is 19.0 Å². The summed E-state index contributed by atoms with van der Waals surface area (Å²) in [4.78, 5) is 4.58. The highest BCUT2D eigenvalue weighted by molar-refractivity contribution is 5.80. The Kier molecular flexibility index (Phi) is 3.90. The molecule has 0 aliphatic heterocycles. The van der Waals surface area contributed by atoms with Crippen LogP contribution in [0.15, 0.2) is 39.7 Å². The first-order valence-electron chi connectivity index (χ1n) is 7.35. The van der Waals surface area contributed by atoms with Gasteiger partial charge in [-0.1, -0.05) is 18.2 Å². The van der Waals surface area contributed by atoms with Gasteiger partial charge in [0.25, 0.3) is 0 Å². The van der Waals surface area contributed by atoms with Crippen LogP contribution < -0.4 is 10.6 Å². The van der Waals surface area contributed by atoms with Crippen LogP contribution in [0.2, 0.25) is 0 Å². The van der Waals surface area contributed by atoms with Crippen LogP contribution >= 0.6 is 0 Å². The predicted octanol–water partition coefficient (Wildman–Crippen LogP) is 2.90. The summed E-state index contributed by atoms with van der Waals surface area (Å²) in [6, 6.07) is 10.1. The lowest BCUT2D eigenvalue weighted by molar-refractivity contribution is 0.551. The summed E-state index contributed by atoms with van der Waals surface area (Å²) in [5, 5.41) is 7.78. The Hall–Kier alpha value is -1.97. The highest BCUT2D eigenvalue weighted by Crippen LogP contribution is 2.27. The number of fused-ring (bicyclic) bond motifs is 1. The molecule has 0 radical (unpaired) electrons. The zero-order valence-corrected chi connectivity index (χ0v) is 11.9. The molecule has 106 valence electrons. The van der Waals surface area contributed by atoms with Crippen molar-refractivity contribution in [2.45, 2.75) is 26.3 Å². The fourth-order valence-electron chi connectivity index (χ4n) is 2.18. The number of guanidine groups is 1. The summed E-state index contributed by atoms with van der Waals surface area (Å²) >= 11 is 0. The molecule has 20 heavy (non-hydrogen) atoms. The second-order valence-corrected chi connectivity index (χ2v) is 5.27. The molecule has 0 amide bonds. The summed E-state index contributed by atoms with van der Waals surface area (Å²) in [6.45, 7) is 4.53. The average molecular weight is 271 g/mol. The van der Waals surface area contributed by atoms with Crippen LogP contribution in [0.4, 0.5) is 0 Å². The number of hydrogen-bond acceptors (Lipinski definition) is 2. The summed E-state index contributed by atoms with van der Waals surface area (Å²) in [6.07, 6.45) is 2.69. The summed E-state index contributed by atoms with van der Waals surface area (Å²) < 4.78 is 5.77. The number of para-hydroxylation sites is 1. The number of benzene rings is 1. The number of furan rings is 1. The number of nitrogens with zero attached hydrogens (tertiary/aromatic N) is 1. The lowest BCUT2D eigenvalue weighted by Crippen LogP contribution is -2.38. The number of aliphatic imine (C=N–C) groups is 1. The van der Waals surface area contributed by atoms with E-state index in [-0.39, 0.29) is 0 Å². The van der Waals surface area contributed by atoms with Gasteiger partial charge < -0.3 is 15.1 Å². The van der Waals surface area contributed by atoms with Gasteiger partial charge in [0.1, 0.15) is 17.9 Å². The Morgan fingerprint density at radius 1 is 1.30 bits per heavy atom. The van der Waals surface area contributed by atoms with Crippen LogP contribution in [0, 0.1) is 5.92 Å². The number of rotatable bonds is 5. The topological polar surface area (TPSA) is 49.6 Å². The molecule has 0 unspecified atom stereocenters. The third kappa shape index (κ3) is 3.32. The van der Waals surface area contributed by atoms with Crippen molar-refractivity contribution in [2.75, 3.05) is 13.1 Å². The smallest absolute Gasteiger partial charge is 0.191 e. The van der Waals surface area contributed by atoms with Crippen molar-refractivity contribution in [1.29, 1.82) is 0 Å². The van der Waals surface area contributed by atoms with E-state index < -0.39 is 0 Å². The summed E-state index contributed by atoms with van der Waals surface area (Å²) in [5.74, 6) is 2.61. The van der Waals surface area contributed by atoms with Gasteiger partial charge >= 0.3 is 0 Å². The first-order chi connectivity index (χ1) is 9.85. The molecule has 0 bridgehead atoms. The second kappa shape index (κ2) is 5.99. The van der Waals surface area contributed by atoms with Crippen LogP contribution in [0.5, 0.6) is 0 Å². The van der Waals surface area contributed by atoms with Gasteiger partial charge in [-0.15, -0.1) is 0 Å². The molecule has 0 spiro atoms. The first kappa shape index (κ1) is 13.0. The maximum atomic E-state index is 5.77. The maximum absolute atomic E-state index is 5.77. The first-order valence-corrected chi connectivity index (χ1v) is 7.35. The van der Waals surface area contributed by atoms with E-state index in [4.69, 9.17) is 4.42 Å². The highest BCUT2D eigenvalue weighted by Gasteiger charge is 2.21. The molecule has 2 aromatic rings. The predicted molar refractivity (Wildman–Crippen MR) is 81.8 cm³/mol. The third-order valence-corrected chi connectivity index (χ3v) is 3.47. The van der Waals surface area contributed by atoms with Crippen molar-refractivity contribution >= 4 is 16.9 Å². The maximum Gasteiger partial charge on any atom is 0.191 e. The Balaban J connectivity index is 1.65. The lowest BCUT2D eigenvalue weighted by atomic mass is 10.2. The minimum absolute atomic E-state index is 0.564. The fourth-order valence-corrected chi connectivity index (χ4v) is 2.18. The zero-order chi connectivity index (χ0) is 13.8. The molecule has 0 saturated heterocycles. The van der Waals surface area contributed by atoms with Crippen molar-refractivity contribution in [3.05, 3.63) is 36.1 Å². The van der Waals surface area contributed by atoms with Gasteiger partial charge in [-0.2, -0.15) is 0 Å². The highest BCUT2D eigenvalue weighted by atomic mass is 16.3. The van der Waals surface area contributed by atoms with Crippen molar-refractivity contribution in [3.63, 3.8) is 0 Å². The molecule has 1 aromatic heterocycles. The minimum Gasteiger partial charge on any atom is -0.459 e. The minimum atomic E-state index is 0.564. The Bertz CT molecular complexity index is 566. The van der Waals surface area contributed by atoms with Gasteiger partial charge in [0.2, 0.25) is 0 Å². The molecule has 1 aliphatic carbocycles. The van der Waals surface area contributed by atoms with Crippen LogP contribution in [0.25, 0.3) is 11.0 Å². The molecule has 1 aliphatic rings. The van der Waals surface area contributed by atoms with E-state index in [0.29, 0.717) is 6.54 Å². The Labute approximate surface area is 119 Å². The Morgan fingerprint density at radius 2 is 2.15 bits per heavy atom. The van der Waals surface area contributed by atoms with E-state index in [1.807, 2.05) is 18.2 Å². The van der Waals surface area contributed by atoms with Crippen molar-refractivity contribution < 1.29 is 4.42 Å². The molecule has 1 heterocycles. The molecule has 2 N–H and O–H groups in total. The monoisotopic (exact) mass is 271 g/mol. The van der Waals surface area contributed by atoms with Crippen LogP contribution in [0.3, 0.4) is 0 Å². The molecule has 0 atom stereocenters. The van der Waals surface area contributed by atoms with E-state index in [2.05, 4.69) is 34.7 Å². The zero-order valence-electron chi connectivity index (χ0n) is 11.9. The number of hydrogen-bond donors (Lipinski definition) is 2. The molecule has 1 saturated carbocycles. The molecular formula is C16H21N3O. The molecule has 1 aromatic carbocycles. The molecule has 4 heteroatoms. The van der Waals surface area contributed by atoms with E-state index in [1.165, 1.54) is 12.8 Å². The lowest BCUT2D eigenvalue weighted by Gasteiger charge is -2.10. The van der Waals surface area contributed by atoms with Gasteiger partial charge in [-0.3, -0.25) is 0 Å². The second-order valence-electron chi connectivity index (χ2n) is 5.27. The van der Waals surface area contributed by atoms with Crippen molar-refractivity contribution in [2.24, 2.45) is 10.9 Å². The normalized spacial score (nSPS) is 15.6. The molecule has 1 fully saturated rings.